The molecule has 1 amide bonds. The SMILES string of the molecule is CC(C)CCN1c2ccc(C(=O)N(C)C)cc2NC1Cn1c(=O)n(C(C)C)c2ccccc21. The zero-order valence-electron chi connectivity index (χ0n) is 20.5. The van der Waals surface area contributed by atoms with Gasteiger partial charge in [0.15, 0.2) is 0 Å². The Morgan fingerprint density at radius 3 is 2.39 bits per heavy atom. The molecule has 176 valence electrons. The van der Waals surface area contributed by atoms with Crippen molar-refractivity contribution in [3.63, 3.8) is 0 Å². The Bertz CT molecular complexity index is 1220. The van der Waals surface area contributed by atoms with Gasteiger partial charge >= 0.3 is 5.69 Å². The number of carbonyl (C=O) groups is 1. The highest BCUT2D eigenvalue weighted by molar-refractivity contribution is 5.96. The number of anilines is 2. The van der Waals surface area contributed by atoms with Crippen LogP contribution in [0.15, 0.2) is 47.3 Å². The van der Waals surface area contributed by atoms with Crippen LogP contribution in [0.25, 0.3) is 11.0 Å². The molecule has 0 aliphatic carbocycles. The van der Waals surface area contributed by atoms with Crippen LogP contribution in [0.4, 0.5) is 11.4 Å². The van der Waals surface area contributed by atoms with Crippen LogP contribution in [-0.4, -0.2) is 46.7 Å². The third-order valence-corrected chi connectivity index (χ3v) is 6.35. The quantitative estimate of drug-likeness (QED) is 0.581. The van der Waals surface area contributed by atoms with Crippen LogP contribution in [0.5, 0.6) is 0 Å². The lowest BCUT2D eigenvalue weighted by Crippen LogP contribution is -2.42. The van der Waals surface area contributed by atoms with Crippen LogP contribution >= 0.6 is 0 Å². The molecular formula is C26H35N5O2. The summed E-state index contributed by atoms with van der Waals surface area (Å²) >= 11 is 0. The van der Waals surface area contributed by atoms with Crippen molar-refractivity contribution in [2.45, 2.75) is 52.9 Å². The van der Waals surface area contributed by atoms with E-state index >= 15 is 0 Å². The van der Waals surface area contributed by atoms with Crippen LogP contribution in [0.1, 0.15) is 50.5 Å². The van der Waals surface area contributed by atoms with Crippen molar-refractivity contribution in [3.05, 3.63) is 58.5 Å². The van der Waals surface area contributed by atoms with E-state index in [1.807, 2.05) is 65.4 Å². The average Bonchev–Trinajstić information content (AvgIpc) is 3.25. The summed E-state index contributed by atoms with van der Waals surface area (Å²) in [6.45, 7) is 9.92. The molecule has 1 atom stereocenters. The number of nitrogens with one attached hydrogen (secondary N) is 1. The molecule has 0 fully saturated rings. The smallest absolute Gasteiger partial charge is 0.329 e. The Morgan fingerprint density at radius 2 is 1.76 bits per heavy atom. The highest BCUT2D eigenvalue weighted by Gasteiger charge is 2.31. The maximum Gasteiger partial charge on any atom is 0.329 e. The summed E-state index contributed by atoms with van der Waals surface area (Å²) in [6, 6.07) is 13.9. The lowest BCUT2D eigenvalue weighted by Gasteiger charge is -2.28. The molecule has 2 aromatic carbocycles. The number of fused-ring (bicyclic) bond motifs is 2. The molecular weight excluding hydrogens is 414 g/mol. The molecule has 4 rings (SSSR count). The third kappa shape index (κ3) is 4.24. The summed E-state index contributed by atoms with van der Waals surface area (Å²) in [5.74, 6) is 0.544. The molecule has 1 aliphatic rings. The van der Waals surface area contributed by atoms with Crippen molar-refractivity contribution in [3.8, 4) is 0 Å². The number of amides is 1. The van der Waals surface area contributed by atoms with Gasteiger partial charge in [-0.15, -0.1) is 0 Å². The lowest BCUT2D eigenvalue weighted by atomic mass is 10.1. The van der Waals surface area contributed by atoms with E-state index in [4.69, 9.17) is 0 Å². The van der Waals surface area contributed by atoms with Crippen molar-refractivity contribution < 1.29 is 4.79 Å². The van der Waals surface area contributed by atoms with E-state index < -0.39 is 0 Å². The van der Waals surface area contributed by atoms with Gasteiger partial charge in [0.1, 0.15) is 6.17 Å². The summed E-state index contributed by atoms with van der Waals surface area (Å²) in [5.41, 5.74) is 4.59. The molecule has 0 saturated carbocycles. The molecule has 7 nitrogen and oxygen atoms in total. The van der Waals surface area contributed by atoms with Crippen molar-refractivity contribution in [1.82, 2.24) is 14.0 Å². The summed E-state index contributed by atoms with van der Waals surface area (Å²) in [6.07, 6.45) is 0.964. The minimum Gasteiger partial charge on any atom is -0.362 e. The van der Waals surface area contributed by atoms with E-state index in [9.17, 15) is 9.59 Å². The number of para-hydroxylation sites is 2. The summed E-state index contributed by atoms with van der Waals surface area (Å²) in [5, 5.41) is 3.61. The fourth-order valence-corrected chi connectivity index (χ4v) is 4.62. The van der Waals surface area contributed by atoms with Gasteiger partial charge in [-0.1, -0.05) is 26.0 Å². The monoisotopic (exact) mass is 449 g/mol. The van der Waals surface area contributed by atoms with E-state index in [1.54, 1.807) is 19.0 Å². The Hall–Kier alpha value is -3.22. The number of hydrogen-bond donors (Lipinski definition) is 1. The molecule has 0 spiro atoms. The van der Waals surface area contributed by atoms with Gasteiger partial charge in [-0.3, -0.25) is 13.9 Å². The van der Waals surface area contributed by atoms with Crippen molar-refractivity contribution in [2.24, 2.45) is 5.92 Å². The zero-order chi connectivity index (χ0) is 23.9. The predicted molar refractivity (Wildman–Crippen MR) is 135 cm³/mol. The zero-order valence-corrected chi connectivity index (χ0v) is 20.5. The minimum atomic E-state index is -0.0763. The number of nitrogens with zero attached hydrogens (tertiary/aromatic N) is 4. The average molecular weight is 450 g/mol. The summed E-state index contributed by atoms with van der Waals surface area (Å²) in [4.78, 5) is 29.8. The summed E-state index contributed by atoms with van der Waals surface area (Å²) in [7, 11) is 3.52. The lowest BCUT2D eigenvalue weighted by molar-refractivity contribution is 0.0827. The first kappa shape index (κ1) is 23.0. The van der Waals surface area contributed by atoms with Gasteiger partial charge in [0.05, 0.1) is 29.0 Å². The van der Waals surface area contributed by atoms with E-state index in [1.165, 1.54) is 0 Å². The first-order valence-electron chi connectivity index (χ1n) is 11.8. The fraction of sp³-hybridized carbons (Fsp3) is 0.462. The number of rotatable bonds is 7. The number of carbonyl (C=O) groups excluding carboxylic acids is 1. The highest BCUT2D eigenvalue weighted by Crippen LogP contribution is 2.36. The number of imidazole rings is 1. The second-order valence-corrected chi connectivity index (χ2v) is 9.81. The number of aromatic nitrogens is 2. The van der Waals surface area contributed by atoms with E-state index in [-0.39, 0.29) is 23.8 Å². The molecule has 0 radical (unpaired) electrons. The molecule has 1 aliphatic heterocycles. The molecule has 0 saturated heterocycles. The molecule has 0 bridgehead atoms. The molecule has 33 heavy (non-hydrogen) atoms. The van der Waals surface area contributed by atoms with Gasteiger partial charge < -0.3 is 15.1 Å². The van der Waals surface area contributed by atoms with E-state index in [2.05, 4.69) is 24.1 Å². The van der Waals surface area contributed by atoms with E-state index in [0.29, 0.717) is 18.0 Å². The van der Waals surface area contributed by atoms with Crippen molar-refractivity contribution in [1.29, 1.82) is 0 Å². The first-order chi connectivity index (χ1) is 15.7. The van der Waals surface area contributed by atoms with Crippen LogP contribution in [-0.2, 0) is 6.54 Å². The Balaban J connectivity index is 1.73. The topological polar surface area (TPSA) is 62.5 Å². The third-order valence-electron chi connectivity index (χ3n) is 6.35. The van der Waals surface area contributed by atoms with Crippen LogP contribution in [0.3, 0.4) is 0 Å². The largest absolute Gasteiger partial charge is 0.362 e. The molecule has 3 aromatic rings. The van der Waals surface area contributed by atoms with Crippen LogP contribution < -0.4 is 15.9 Å². The van der Waals surface area contributed by atoms with E-state index in [0.717, 1.165) is 35.4 Å². The molecule has 1 N–H and O–H groups in total. The maximum atomic E-state index is 13.4. The Morgan fingerprint density at radius 1 is 1.06 bits per heavy atom. The first-order valence-corrected chi connectivity index (χ1v) is 11.8. The molecule has 1 unspecified atom stereocenters. The van der Waals surface area contributed by atoms with Gasteiger partial charge in [-0.25, -0.2) is 4.79 Å². The van der Waals surface area contributed by atoms with Gasteiger partial charge in [0, 0.05) is 32.2 Å². The Kier molecular flexibility index (Phi) is 6.23. The summed E-state index contributed by atoms with van der Waals surface area (Å²) < 4.78 is 3.75. The molecule has 2 heterocycles. The second kappa shape index (κ2) is 8.96. The van der Waals surface area contributed by atoms with Crippen molar-refractivity contribution >= 4 is 28.3 Å². The van der Waals surface area contributed by atoms with Crippen LogP contribution in [0.2, 0.25) is 0 Å². The molecule has 1 aromatic heterocycles. The normalized spacial score (nSPS) is 15.4. The van der Waals surface area contributed by atoms with Gasteiger partial charge in [0.2, 0.25) is 0 Å². The van der Waals surface area contributed by atoms with Gasteiger partial charge in [-0.05, 0) is 56.5 Å². The minimum absolute atomic E-state index is 0.0104. The van der Waals surface area contributed by atoms with Gasteiger partial charge in [0.25, 0.3) is 5.91 Å². The van der Waals surface area contributed by atoms with Crippen LogP contribution in [0, 0.1) is 5.92 Å². The highest BCUT2D eigenvalue weighted by atomic mass is 16.2. The predicted octanol–water partition coefficient (Wildman–Crippen LogP) is 4.39. The van der Waals surface area contributed by atoms with Gasteiger partial charge in [-0.2, -0.15) is 0 Å². The molecule has 7 heteroatoms. The number of hydrogen-bond acceptors (Lipinski definition) is 4. The second-order valence-electron chi connectivity index (χ2n) is 9.81. The Labute approximate surface area is 195 Å². The number of benzene rings is 2. The standard InChI is InChI=1S/C26H35N5O2/c1-17(2)13-14-29-21-12-11-19(25(32)28(5)6)15-20(21)27-24(29)16-30-22-9-7-8-10-23(22)31(18(3)4)26(30)33/h7-12,15,17-18,24,27H,13-14,16H2,1-6H3. The maximum absolute atomic E-state index is 13.4. The van der Waals surface area contributed by atoms with Crippen molar-refractivity contribution in [2.75, 3.05) is 30.9 Å². The fourth-order valence-electron chi connectivity index (χ4n) is 4.62.